The third kappa shape index (κ3) is 3.68. The standard InChI is InChI=1S/C28H27N3O3/c1-18-14-25(32)31(17-28(11-12-29-16-28)26(33)20-4-5-20)27(30-18)21-6-2-19(3-7-21)22-8-9-24-23(15-22)10-13-34-24/h2-3,6-10,13-15,20,29H,4-5,11-12,16-17H2,1H3/t28-/m1/s1. The summed E-state index contributed by atoms with van der Waals surface area (Å²) in [6.45, 7) is 3.64. The summed E-state index contributed by atoms with van der Waals surface area (Å²) < 4.78 is 7.17. The van der Waals surface area contributed by atoms with Crippen LogP contribution in [0.2, 0.25) is 0 Å². The van der Waals surface area contributed by atoms with E-state index in [2.05, 4.69) is 23.5 Å². The van der Waals surface area contributed by atoms with Gasteiger partial charge in [-0.2, -0.15) is 0 Å². The summed E-state index contributed by atoms with van der Waals surface area (Å²) in [6.07, 6.45) is 4.40. The second-order valence-corrected chi connectivity index (χ2v) is 9.74. The lowest BCUT2D eigenvalue weighted by molar-refractivity contribution is -0.129. The van der Waals surface area contributed by atoms with Crippen molar-refractivity contribution in [2.45, 2.75) is 32.7 Å². The molecule has 2 aromatic carbocycles. The lowest BCUT2D eigenvalue weighted by Gasteiger charge is -2.28. The van der Waals surface area contributed by atoms with E-state index in [0.29, 0.717) is 30.4 Å². The number of furan rings is 1. The fourth-order valence-electron chi connectivity index (χ4n) is 5.20. The number of nitrogens with zero attached hydrogens (tertiary/aromatic N) is 2. The Balaban J connectivity index is 1.38. The van der Waals surface area contributed by atoms with Crippen LogP contribution in [0.4, 0.5) is 0 Å². The predicted octanol–water partition coefficient (Wildman–Crippen LogP) is 4.59. The van der Waals surface area contributed by atoms with Crippen LogP contribution in [0.15, 0.2) is 70.1 Å². The van der Waals surface area contributed by atoms with E-state index in [4.69, 9.17) is 9.40 Å². The number of ketones is 1. The van der Waals surface area contributed by atoms with Crippen molar-refractivity contribution >= 4 is 16.8 Å². The van der Waals surface area contributed by atoms with Gasteiger partial charge in [0, 0.05) is 41.7 Å². The van der Waals surface area contributed by atoms with Crippen LogP contribution in [-0.4, -0.2) is 28.4 Å². The summed E-state index contributed by atoms with van der Waals surface area (Å²) in [5.74, 6) is 1.09. The highest BCUT2D eigenvalue weighted by Gasteiger charge is 2.48. The van der Waals surface area contributed by atoms with Gasteiger partial charge in [0.05, 0.1) is 11.7 Å². The molecule has 6 rings (SSSR count). The van der Waals surface area contributed by atoms with Crippen LogP contribution in [0.25, 0.3) is 33.5 Å². The number of rotatable bonds is 6. The van der Waals surface area contributed by atoms with Crippen LogP contribution in [0.1, 0.15) is 25.0 Å². The molecular formula is C28H27N3O3. The van der Waals surface area contributed by atoms with Crippen molar-refractivity contribution in [2.75, 3.05) is 13.1 Å². The average Bonchev–Trinajstić information content (AvgIpc) is 3.39. The van der Waals surface area contributed by atoms with E-state index in [9.17, 15) is 9.59 Å². The molecule has 6 nitrogen and oxygen atoms in total. The molecule has 0 unspecified atom stereocenters. The molecule has 0 radical (unpaired) electrons. The van der Waals surface area contributed by atoms with E-state index in [0.717, 1.165) is 53.5 Å². The predicted molar refractivity (Wildman–Crippen MR) is 132 cm³/mol. The molecule has 3 heterocycles. The minimum atomic E-state index is -0.531. The molecular weight excluding hydrogens is 426 g/mol. The lowest BCUT2D eigenvalue weighted by atomic mass is 9.80. The van der Waals surface area contributed by atoms with E-state index in [1.807, 2.05) is 37.3 Å². The van der Waals surface area contributed by atoms with Gasteiger partial charge < -0.3 is 9.73 Å². The Bertz CT molecular complexity index is 1440. The minimum Gasteiger partial charge on any atom is -0.464 e. The molecule has 1 saturated heterocycles. The maximum atomic E-state index is 13.3. The third-order valence-corrected chi connectivity index (χ3v) is 7.24. The summed E-state index contributed by atoms with van der Waals surface area (Å²) in [5.41, 5.74) is 3.95. The van der Waals surface area contributed by atoms with E-state index >= 15 is 0 Å². The topological polar surface area (TPSA) is 77.1 Å². The summed E-state index contributed by atoms with van der Waals surface area (Å²) >= 11 is 0. The molecule has 0 amide bonds. The molecule has 1 aliphatic heterocycles. The Morgan fingerprint density at radius 1 is 1.09 bits per heavy atom. The molecule has 172 valence electrons. The van der Waals surface area contributed by atoms with Gasteiger partial charge in [0.2, 0.25) is 0 Å². The SMILES string of the molecule is Cc1cc(=O)n(C[C@@]2(C(=O)C3CC3)CCNC2)c(-c2ccc(-c3ccc4occc4c3)cc2)n1. The lowest BCUT2D eigenvalue weighted by Crippen LogP contribution is -2.42. The van der Waals surface area contributed by atoms with E-state index < -0.39 is 5.41 Å². The highest BCUT2D eigenvalue weighted by molar-refractivity contribution is 5.89. The fourth-order valence-corrected chi connectivity index (χ4v) is 5.20. The van der Waals surface area contributed by atoms with Gasteiger partial charge in [-0.05, 0) is 62.1 Å². The first kappa shape index (κ1) is 21.1. The normalized spacial score (nSPS) is 20.1. The van der Waals surface area contributed by atoms with Gasteiger partial charge in [0.15, 0.2) is 0 Å². The fraction of sp³-hybridized carbons (Fsp3) is 0.321. The number of carbonyl (C=O) groups excluding carboxylic acids is 1. The first-order valence-corrected chi connectivity index (χ1v) is 11.9. The Morgan fingerprint density at radius 3 is 2.59 bits per heavy atom. The van der Waals surface area contributed by atoms with E-state index in [1.165, 1.54) is 0 Å². The van der Waals surface area contributed by atoms with Gasteiger partial charge in [0.1, 0.15) is 17.2 Å². The number of aryl methyl sites for hydroxylation is 1. The number of nitrogens with one attached hydrogen (secondary N) is 1. The molecule has 6 heteroatoms. The number of hydrogen-bond acceptors (Lipinski definition) is 5. The summed E-state index contributed by atoms with van der Waals surface area (Å²) in [5, 5.41) is 4.42. The highest BCUT2D eigenvalue weighted by Crippen LogP contribution is 2.41. The van der Waals surface area contributed by atoms with Crippen LogP contribution in [0.3, 0.4) is 0 Å². The number of hydrogen-bond donors (Lipinski definition) is 1. The van der Waals surface area contributed by atoms with Crippen LogP contribution >= 0.6 is 0 Å². The van der Waals surface area contributed by atoms with Gasteiger partial charge in [-0.25, -0.2) is 4.98 Å². The van der Waals surface area contributed by atoms with Crippen molar-refractivity contribution in [3.63, 3.8) is 0 Å². The maximum Gasteiger partial charge on any atom is 0.254 e. The Hall–Kier alpha value is -3.51. The number of benzene rings is 2. The molecule has 1 aliphatic carbocycles. The van der Waals surface area contributed by atoms with E-state index in [1.54, 1.807) is 16.9 Å². The second kappa shape index (κ2) is 8.06. The number of carbonyl (C=O) groups is 1. The molecule has 1 atom stereocenters. The summed E-state index contributed by atoms with van der Waals surface area (Å²) in [4.78, 5) is 31.1. The van der Waals surface area contributed by atoms with Crippen LogP contribution in [0.5, 0.6) is 0 Å². The Labute approximate surface area is 197 Å². The zero-order valence-electron chi connectivity index (χ0n) is 19.2. The molecule has 4 aromatic rings. The quantitative estimate of drug-likeness (QED) is 0.462. The number of Topliss-reactive ketones (excluding diaryl/α,β-unsaturated/α-hetero) is 1. The molecule has 1 N–H and O–H groups in total. The Morgan fingerprint density at radius 2 is 1.85 bits per heavy atom. The van der Waals surface area contributed by atoms with Gasteiger partial charge in [-0.3, -0.25) is 14.2 Å². The van der Waals surface area contributed by atoms with Crippen LogP contribution in [0, 0.1) is 18.3 Å². The van der Waals surface area contributed by atoms with Gasteiger partial charge >= 0.3 is 0 Å². The van der Waals surface area contributed by atoms with Crippen molar-refractivity contribution in [3.05, 3.63) is 76.9 Å². The van der Waals surface area contributed by atoms with Crippen LogP contribution < -0.4 is 10.9 Å². The molecule has 2 aromatic heterocycles. The molecule has 0 bridgehead atoms. The highest BCUT2D eigenvalue weighted by atomic mass is 16.3. The van der Waals surface area contributed by atoms with Crippen molar-refractivity contribution < 1.29 is 9.21 Å². The first-order valence-electron chi connectivity index (χ1n) is 11.9. The molecule has 2 fully saturated rings. The smallest absolute Gasteiger partial charge is 0.254 e. The maximum absolute atomic E-state index is 13.3. The zero-order valence-corrected chi connectivity index (χ0v) is 19.2. The van der Waals surface area contributed by atoms with Gasteiger partial charge in [0.25, 0.3) is 5.56 Å². The molecule has 2 aliphatic rings. The van der Waals surface area contributed by atoms with Crippen molar-refractivity contribution in [1.29, 1.82) is 0 Å². The molecule has 34 heavy (non-hydrogen) atoms. The number of aromatic nitrogens is 2. The van der Waals surface area contributed by atoms with Gasteiger partial charge in [-0.15, -0.1) is 0 Å². The van der Waals surface area contributed by atoms with Crippen molar-refractivity contribution in [3.8, 4) is 22.5 Å². The van der Waals surface area contributed by atoms with Crippen molar-refractivity contribution in [2.24, 2.45) is 11.3 Å². The summed E-state index contributed by atoms with van der Waals surface area (Å²) in [6, 6.07) is 17.8. The average molecular weight is 454 g/mol. The summed E-state index contributed by atoms with van der Waals surface area (Å²) in [7, 11) is 0. The monoisotopic (exact) mass is 453 g/mol. The molecule has 0 spiro atoms. The molecule has 1 saturated carbocycles. The van der Waals surface area contributed by atoms with Crippen LogP contribution in [-0.2, 0) is 11.3 Å². The minimum absolute atomic E-state index is 0.105. The van der Waals surface area contributed by atoms with Gasteiger partial charge in [-0.1, -0.05) is 30.3 Å². The largest absolute Gasteiger partial charge is 0.464 e. The second-order valence-electron chi connectivity index (χ2n) is 9.74. The number of fused-ring (bicyclic) bond motifs is 1. The third-order valence-electron chi connectivity index (χ3n) is 7.24. The van der Waals surface area contributed by atoms with E-state index in [-0.39, 0.29) is 11.5 Å². The zero-order chi connectivity index (χ0) is 23.3. The Kier molecular flexibility index (Phi) is 4.99. The first-order chi connectivity index (χ1) is 16.5. The van der Waals surface area contributed by atoms with Crippen molar-refractivity contribution in [1.82, 2.24) is 14.9 Å².